The summed E-state index contributed by atoms with van der Waals surface area (Å²) in [6, 6.07) is 19.6. The summed E-state index contributed by atoms with van der Waals surface area (Å²) in [4.78, 5) is 22.2. The first-order chi connectivity index (χ1) is 26.1. The number of hydrogen-bond donors (Lipinski definition) is 2. The number of aromatic nitrogens is 4. The summed E-state index contributed by atoms with van der Waals surface area (Å²) >= 11 is 13.2. The van der Waals surface area contributed by atoms with Gasteiger partial charge in [0.25, 0.3) is 0 Å². The van der Waals surface area contributed by atoms with Crippen LogP contribution in [0.25, 0.3) is 5.69 Å². The standard InChI is InChI=1S/C39H44Cl2N6O7/c1-25(2)32-24-35(47(46-32)28-8-6-26(3)7-9-28)45-39(48)43-31-10-11-33(38(41)37(31)40)54-36-12-13-42-34(44-36)22-27-20-29(50-5)23-30(21-27)53-19-18-52-17-16-51-15-14-49-4/h6-13,20-21,23-25H,14-19,22H2,1-5H3,(H2,43,45,48). The highest BCUT2D eigenvalue weighted by Crippen LogP contribution is 2.39. The van der Waals surface area contributed by atoms with Crippen LogP contribution < -0.4 is 24.8 Å². The van der Waals surface area contributed by atoms with Crippen molar-refractivity contribution in [2.45, 2.75) is 33.1 Å². The van der Waals surface area contributed by atoms with Gasteiger partial charge >= 0.3 is 6.03 Å². The molecule has 0 aliphatic heterocycles. The van der Waals surface area contributed by atoms with Crippen molar-refractivity contribution in [3.63, 3.8) is 0 Å². The third kappa shape index (κ3) is 11.5. The van der Waals surface area contributed by atoms with E-state index in [1.54, 1.807) is 49.4 Å². The molecule has 5 rings (SSSR count). The molecule has 54 heavy (non-hydrogen) atoms. The van der Waals surface area contributed by atoms with E-state index < -0.39 is 6.03 Å². The summed E-state index contributed by atoms with van der Waals surface area (Å²) in [5.74, 6) is 2.90. The van der Waals surface area contributed by atoms with E-state index in [0.29, 0.717) is 69.2 Å². The fourth-order valence-corrected chi connectivity index (χ4v) is 5.47. The van der Waals surface area contributed by atoms with E-state index in [-0.39, 0.29) is 33.3 Å². The number of nitrogens with one attached hydrogen (secondary N) is 2. The van der Waals surface area contributed by atoms with Gasteiger partial charge < -0.3 is 33.7 Å². The Morgan fingerprint density at radius 2 is 1.56 bits per heavy atom. The maximum atomic E-state index is 13.2. The van der Waals surface area contributed by atoms with Gasteiger partial charge in [-0.25, -0.2) is 14.5 Å². The molecule has 0 saturated heterocycles. The monoisotopic (exact) mass is 778 g/mol. The third-order valence-electron chi connectivity index (χ3n) is 7.87. The number of rotatable bonds is 19. The Morgan fingerprint density at radius 1 is 0.833 bits per heavy atom. The van der Waals surface area contributed by atoms with Gasteiger partial charge in [-0.1, -0.05) is 54.7 Å². The van der Waals surface area contributed by atoms with Crippen LogP contribution in [0.15, 0.2) is 72.9 Å². The molecule has 0 spiro atoms. The summed E-state index contributed by atoms with van der Waals surface area (Å²) in [5, 5.41) is 10.5. The van der Waals surface area contributed by atoms with Crippen LogP contribution in [-0.4, -0.2) is 79.6 Å². The number of nitrogens with zero attached hydrogens (tertiary/aromatic N) is 4. The molecular formula is C39H44Cl2N6O7. The number of halogens is 2. The van der Waals surface area contributed by atoms with E-state index in [1.807, 2.05) is 63.2 Å². The number of anilines is 2. The van der Waals surface area contributed by atoms with Crippen molar-refractivity contribution >= 4 is 40.7 Å². The Labute approximate surface area is 324 Å². The number of ether oxygens (including phenoxy) is 6. The lowest BCUT2D eigenvalue weighted by atomic mass is 10.1. The Morgan fingerprint density at radius 3 is 2.28 bits per heavy atom. The fraction of sp³-hybridized carbons (Fsp3) is 0.333. The second-order valence-corrected chi connectivity index (χ2v) is 13.1. The molecule has 286 valence electrons. The zero-order valence-electron chi connectivity index (χ0n) is 30.9. The van der Waals surface area contributed by atoms with Gasteiger partial charge in [0.1, 0.15) is 40.5 Å². The van der Waals surface area contributed by atoms with Gasteiger partial charge in [0.15, 0.2) is 0 Å². The Hall–Kier alpha value is -4.92. The highest BCUT2D eigenvalue weighted by atomic mass is 35.5. The summed E-state index contributed by atoms with van der Waals surface area (Å²) in [5.41, 5.74) is 3.91. The summed E-state index contributed by atoms with van der Waals surface area (Å²) in [7, 11) is 3.22. The molecule has 2 aromatic heterocycles. The lowest BCUT2D eigenvalue weighted by molar-refractivity contribution is 0.0179. The minimum absolute atomic E-state index is 0.0956. The van der Waals surface area contributed by atoms with Crippen LogP contribution in [0.2, 0.25) is 10.0 Å². The van der Waals surface area contributed by atoms with Crippen molar-refractivity contribution in [2.75, 3.05) is 64.5 Å². The van der Waals surface area contributed by atoms with E-state index in [4.69, 9.17) is 56.7 Å². The van der Waals surface area contributed by atoms with Crippen molar-refractivity contribution in [2.24, 2.45) is 0 Å². The van der Waals surface area contributed by atoms with Crippen LogP contribution in [0, 0.1) is 6.92 Å². The van der Waals surface area contributed by atoms with E-state index in [0.717, 1.165) is 22.5 Å². The predicted molar refractivity (Wildman–Crippen MR) is 208 cm³/mol. The number of carbonyl (C=O) groups is 1. The highest BCUT2D eigenvalue weighted by Gasteiger charge is 2.18. The number of hydrogen-bond acceptors (Lipinski definition) is 10. The first kappa shape index (κ1) is 40.3. The number of benzene rings is 3. The van der Waals surface area contributed by atoms with E-state index in [1.165, 1.54) is 0 Å². The van der Waals surface area contributed by atoms with E-state index in [9.17, 15) is 4.79 Å². The summed E-state index contributed by atoms with van der Waals surface area (Å²) < 4.78 is 35.0. The Balaban J connectivity index is 1.19. The van der Waals surface area contributed by atoms with Gasteiger partial charge in [0, 0.05) is 37.9 Å². The molecule has 0 atom stereocenters. The van der Waals surface area contributed by atoms with Crippen LogP contribution >= 0.6 is 23.2 Å². The number of methoxy groups -OCH3 is 2. The molecule has 5 aromatic rings. The molecule has 0 fully saturated rings. The molecule has 2 heterocycles. The lowest BCUT2D eigenvalue weighted by Crippen LogP contribution is -2.21. The van der Waals surface area contributed by atoms with Gasteiger partial charge in [0.2, 0.25) is 5.88 Å². The zero-order valence-corrected chi connectivity index (χ0v) is 32.4. The van der Waals surface area contributed by atoms with Gasteiger partial charge in [-0.05, 0) is 54.8 Å². The minimum Gasteiger partial charge on any atom is -0.497 e. The molecule has 0 aliphatic rings. The van der Waals surface area contributed by atoms with Crippen molar-refractivity contribution in [1.29, 1.82) is 0 Å². The second kappa shape index (κ2) is 20.0. The van der Waals surface area contributed by atoms with Gasteiger partial charge in [-0.15, -0.1) is 0 Å². The molecule has 2 N–H and O–H groups in total. The molecular weight excluding hydrogens is 735 g/mol. The van der Waals surface area contributed by atoms with Crippen molar-refractivity contribution in [1.82, 2.24) is 19.7 Å². The second-order valence-electron chi connectivity index (χ2n) is 12.3. The quantitative estimate of drug-likeness (QED) is 0.0785. The molecule has 15 heteroatoms. The minimum atomic E-state index is -0.524. The molecule has 0 bridgehead atoms. The average Bonchev–Trinajstić information content (AvgIpc) is 3.58. The predicted octanol–water partition coefficient (Wildman–Crippen LogP) is 8.50. The first-order valence-electron chi connectivity index (χ1n) is 17.3. The number of carbonyl (C=O) groups excluding carboxylic acids is 1. The van der Waals surface area contributed by atoms with Gasteiger partial charge in [-0.3, -0.25) is 5.32 Å². The third-order valence-corrected chi connectivity index (χ3v) is 8.73. The van der Waals surface area contributed by atoms with Crippen LogP contribution in [-0.2, 0) is 20.6 Å². The highest BCUT2D eigenvalue weighted by molar-refractivity contribution is 6.45. The molecule has 0 saturated carbocycles. The summed E-state index contributed by atoms with van der Waals surface area (Å²) in [6.45, 7) is 8.86. The maximum absolute atomic E-state index is 13.2. The topological polar surface area (TPSA) is 140 Å². The maximum Gasteiger partial charge on any atom is 0.324 e. The molecule has 3 aromatic carbocycles. The molecule has 13 nitrogen and oxygen atoms in total. The Kier molecular flexibility index (Phi) is 14.9. The van der Waals surface area contributed by atoms with Crippen LogP contribution in [0.1, 0.15) is 42.4 Å². The largest absolute Gasteiger partial charge is 0.497 e. The van der Waals surface area contributed by atoms with Crippen LogP contribution in [0.5, 0.6) is 23.1 Å². The molecule has 0 unspecified atom stereocenters. The number of aryl methyl sites for hydroxylation is 1. The van der Waals surface area contributed by atoms with Crippen LogP contribution in [0.4, 0.5) is 16.3 Å². The van der Waals surface area contributed by atoms with Crippen molar-refractivity contribution in [3.05, 3.63) is 106 Å². The van der Waals surface area contributed by atoms with Gasteiger partial charge in [0.05, 0.1) is 62.2 Å². The molecule has 0 radical (unpaired) electrons. The summed E-state index contributed by atoms with van der Waals surface area (Å²) in [6.07, 6.45) is 1.96. The van der Waals surface area contributed by atoms with Crippen molar-refractivity contribution < 1.29 is 33.2 Å². The van der Waals surface area contributed by atoms with Gasteiger partial charge in [-0.2, -0.15) is 10.1 Å². The van der Waals surface area contributed by atoms with Crippen LogP contribution in [0.3, 0.4) is 0 Å². The van der Waals surface area contributed by atoms with E-state index >= 15 is 0 Å². The van der Waals surface area contributed by atoms with E-state index in [2.05, 4.69) is 20.6 Å². The lowest BCUT2D eigenvalue weighted by Gasteiger charge is -2.14. The first-order valence-corrected chi connectivity index (χ1v) is 18.1. The number of urea groups is 1. The smallest absolute Gasteiger partial charge is 0.324 e. The molecule has 2 amide bonds. The fourth-order valence-electron chi connectivity index (χ4n) is 5.06. The number of amides is 2. The average molecular weight is 780 g/mol. The normalized spacial score (nSPS) is 11.1. The Bertz CT molecular complexity index is 1990. The zero-order chi connectivity index (χ0) is 38.5. The van der Waals surface area contributed by atoms with Crippen molar-refractivity contribution in [3.8, 4) is 28.8 Å². The molecule has 0 aliphatic carbocycles. The SMILES string of the molecule is COCCOCCOCCOc1cc(Cc2nccc(Oc3ccc(NC(=O)Nc4cc(C(C)C)nn4-c4ccc(C)cc4)c(Cl)c3Cl)n2)cc(OC)c1.